The van der Waals surface area contributed by atoms with Gasteiger partial charge in [0.25, 0.3) is 0 Å². The van der Waals surface area contributed by atoms with Crippen molar-refractivity contribution in [1.82, 2.24) is 0 Å². The Kier molecular flexibility index (Phi) is 8.16. The van der Waals surface area contributed by atoms with E-state index in [1.807, 2.05) is 18.4 Å². The number of hydrogen-bond donors (Lipinski definition) is 1. The molecular weight excluding hydrogens is 430 g/mol. The van der Waals surface area contributed by atoms with Gasteiger partial charge in [-0.15, -0.1) is 11.8 Å². The molecule has 1 aliphatic rings. The van der Waals surface area contributed by atoms with Crippen LogP contribution in [0.1, 0.15) is 46.4 Å². The predicted molar refractivity (Wildman–Crippen MR) is 123 cm³/mol. The Morgan fingerprint density at radius 3 is 2.22 bits per heavy atom. The van der Waals surface area contributed by atoms with E-state index < -0.39 is 12.6 Å². The fourth-order valence-electron chi connectivity index (χ4n) is 3.64. The van der Waals surface area contributed by atoms with Crippen LogP contribution in [-0.2, 0) is 9.53 Å². The minimum absolute atomic E-state index is 0.0854. The number of hydrogen-bond acceptors (Lipinski definition) is 7. The van der Waals surface area contributed by atoms with Gasteiger partial charge in [0, 0.05) is 28.5 Å². The minimum Gasteiger partial charge on any atom is -0.493 e. The second kappa shape index (κ2) is 11.0. The number of amides is 1. The quantitative estimate of drug-likeness (QED) is 0.334. The highest BCUT2D eigenvalue weighted by Crippen LogP contribution is 2.35. The van der Waals surface area contributed by atoms with E-state index in [0.29, 0.717) is 17.1 Å². The number of rotatable bonds is 9. The van der Waals surface area contributed by atoms with Crippen LogP contribution in [0, 0.1) is 5.92 Å². The summed E-state index contributed by atoms with van der Waals surface area (Å²) in [6.45, 7) is -0.415. The number of esters is 1. The monoisotopic (exact) mass is 457 g/mol. The van der Waals surface area contributed by atoms with Crippen molar-refractivity contribution in [3.63, 3.8) is 0 Å². The first-order valence-corrected chi connectivity index (χ1v) is 11.6. The van der Waals surface area contributed by atoms with Gasteiger partial charge < -0.3 is 19.5 Å². The molecule has 7 nitrogen and oxygen atoms in total. The number of benzene rings is 2. The van der Waals surface area contributed by atoms with Crippen molar-refractivity contribution in [1.29, 1.82) is 0 Å². The van der Waals surface area contributed by atoms with E-state index in [1.54, 1.807) is 23.9 Å². The number of Topliss-reactive ketones (excluding diaryl/α,β-unsaturated/α-hetero) is 1. The fraction of sp³-hybridized carbons (Fsp3) is 0.375. The number of thioether (sulfide) groups is 1. The third kappa shape index (κ3) is 5.62. The molecule has 0 unspecified atom stereocenters. The molecule has 1 saturated carbocycles. The summed E-state index contributed by atoms with van der Waals surface area (Å²) in [5.41, 5.74) is 0.818. The van der Waals surface area contributed by atoms with Crippen LogP contribution < -0.4 is 14.8 Å². The molecule has 0 bridgehead atoms. The smallest absolute Gasteiger partial charge is 0.340 e. The van der Waals surface area contributed by atoms with Gasteiger partial charge in [0.05, 0.1) is 25.5 Å². The summed E-state index contributed by atoms with van der Waals surface area (Å²) in [7, 11) is 2.92. The molecule has 32 heavy (non-hydrogen) atoms. The van der Waals surface area contributed by atoms with Crippen molar-refractivity contribution in [3.8, 4) is 11.5 Å². The lowest BCUT2D eigenvalue weighted by Gasteiger charge is -2.17. The number of methoxy groups -OCH3 is 2. The van der Waals surface area contributed by atoms with Gasteiger partial charge in [-0.05, 0) is 31.2 Å². The number of carbonyl (C=O) groups is 3. The maximum atomic E-state index is 12.8. The number of ketones is 1. The first kappa shape index (κ1) is 23.7. The lowest BCUT2D eigenvalue weighted by molar-refractivity contribution is -0.119. The average molecular weight is 458 g/mol. The van der Waals surface area contributed by atoms with Crippen LogP contribution in [0.15, 0.2) is 41.3 Å². The molecule has 0 radical (unpaired) electrons. The Morgan fingerprint density at radius 1 is 1.00 bits per heavy atom. The molecule has 3 rings (SSSR count). The predicted octanol–water partition coefficient (Wildman–Crippen LogP) is 4.59. The third-order valence-electron chi connectivity index (χ3n) is 5.47. The summed E-state index contributed by atoms with van der Waals surface area (Å²) in [4.78, 5) is 39.0. The van der Waals surface area contributed by atoms with Gasteiger partial charge in [-0.25, -0.2) is 4.79 Å². The van der Waals surface area contributed by atoms with Crippen LogP contribution in [0.2, 0.25) is 0 Å². The van der Waals surface area contributed by atoms with Gasteiger partial charge in [0.1, 0.15) is 0 Å². The highest BCUT2D eigenvalue weighted by atomic mass is 32.2. The van der Waals surface area contributed by atoms with E-state index in [4.69, 9.17) is 14.2 Å². The van der Waals surface area contributed by atoms with Gasteiger partial charge >= 0.3 is 5.97 Å². The molecule has 1 fully saturated rings. The van der Waals surface area contributed by atoms with E-state index >= 15 is 0 Å². The number of nitrogens with one attached hydrogen (secondary N) is 1. The van der Waals surface area contributed by atoms with Crippen LogP contribution in [0.4, 0.5) is 5.69 Å². The molecule has 2 aromatic carbocycles. The molecule has 1 N–H and O–H groups in total. The number of carbonyl (C=O) groups excluding carboxylic acids is 3. The Labute approximate surface area is 191 Å². The molecule has 0 saturated heterocycles. The van der Waals surface area contributed by atoms with Gasteiger partial charge in [0.2, 0.25) is 5.91 Å². The molecule has 1 amide bonds. The Balaban J connectivity index is 1.77. The van der Waals surface area contributed by atoms with Crippen LogP contribution >= 0.6 is 11.8 Å². The highest BCUT2D eigenvalue weighted by molar-refractivity contribution is 7.98. The molecule has 170 valence electrons. The zero-order chi connectivity index (χ0) is 23.1. The molecule has 0 aliphatic heterocycles. The maximum absolute atomic E-state index is 12.8. The summed E-state index contributed by atoms with van der Waals surface area (Å²) < 4.78 is 15.9. The normalized spacial score (nSPS) is 13.5. The Hall–Kier alpha value is -3.00. The second-order valence-electron chi connectivity index (χ2n) is 7.45. The average Bonchev–Trinajstić information content (AvgIpc) is 3.37. The van der Waals surface area contributed by atoms with Crippen LogP contribution in [0.25, 0.3) is 0 Å². The molecule has 0 spiro atoms. The third-order valence-corrected chi connectivity index (χ3v) is 6.22. The lowest BCUT2D eigenvalue weighted by atomic mass is 10.1. The minimum atomic E-state index is -0.734. The topological polar surface area (TPSA) is 90.9 Å². The van der Waals surface area contributed by atoms with Crippen molar-refractivity contribution in [2.45, 2.75) is 30.6 Å². The van der Waals surface area contributed by atoms with Crippen LogP contribution in [-0.4, -0.2) is 44.7 Å². The molecule has 0 aromatic heterocycles. The second-order valence-corrected chi connectivity index (χ2v) is 8.33. The van der Waals surface area contributed by atoms with Gasteiger partial charge in [-0.2, -0.15) is 0 Å². The van der Waals surface area contributed by atoms with Crippen LogP contribution in [0.5, 0.6) is 11.5 Å². The number of anilines is 1. The van der Waals surface area contributed by atoms with Crippen molar-refractivity contribution in [2.75, 3.05) is 32.4 Å². The molecule has 0 atom stereocenters. The summed E-state index contributed by atoms with van der Waals surface area (Å²) >= 11 is 1.57. The molecular formula is C24H27NO6S. The van der Waals surface area contributed by atoms with Crippen molar-refractivity contribution < 1.29 is 28.6 Å². The van der Waals surface area contributed by atoms with Gasteiger partial charge in [-0.1, -0.05) is 25.0 Å². The van der Waals surface area contributed by atoms with E-state index in [-0.39, 0.29) is 28.9 Å². The molecule has 2 aromatic rings. The lowest BCUT2D eigenvalue weighted by Crippen LogP contribution is -2.23. The summed E-state index contributed by atoms with van der Waals surface area (Å²) in [6, 6.07) is 10.1. The van der Waals surface area contributed by atoms with E-state index in [9.17, 15) is 14.4 Å². The summed E-state index contributed by atoms with van der Waals surface area (Å²) in [5.74, 6) is -0.593. The largest absolute Gasteiger partial charge is 0.493 e. The zero-order valence-electron chi connectivity index (χ0n) is 18.4. The molecule has 8 heteroatoms. The number of ether oxygens (including phenoxy) is 3. The standard InChI is InChI=1S/C24H27NO6S/c1-29-21-12-18(19(13-22(21)30-2)25-23(27)16-6-4-5-7-16)24(28)31-14-20(26)15-8-10-17(32-3)11-9-15/h8-13,16H,4-7,14H2,1-3H3,(H,25,27). The highest BCUT2D eigenvalue weighted by Gasteiger charge is 2.26. The first-order chi connectivity index (χ1) is 15.5. The molecule has 0 heterocycles. The van der Waals surface area contributed by atoms with Crippen molar-refractivity contribution in [2.24, 2.45) is 5.92 Å². The summed E-state index contributed by atoms with van der Waals surface area (Å²) in [5, 5.41) is 2.83. The van der Waals surface area contributed by atoms with Gasteiger partial charge in [-0.3, -0.25) is 9.59 Å². The van der Waals surface area contributed by atoms with E-state index in [2.05, 4.69) is 5.32 Å². The zero-order valence-corrected chi connectivity index (χ0v) is 19.3. The molecule has 1 aliphatic carbocycles. The maximum Gasteiger partial charge on any atom is 0.340 e. The van der Waals surface area contributed by atoms with Gasteiger partial charge in [0.15, 0.2) is 23.9 Å². The van der Waals surface area contributed by atoms with E-state index in [1.165, 1.54) is 26.4 Å². The summed E-state index contributed by atoms with van der Waals surface area (Å²) in [6.07, 6.45) is 5.62. The Bertz CT molecular complexity index is 983. The first-order valence-electron chi connectivity index (χ1n) is 10.4. The van der Waals surface area contributed by atoms with E-state index in [0.717, 1.165) is 30.6 Å². The van der Waals surface area contributed by atoms with Crippen molar-refractivity contribution in [3.05, 3.63) is 47.5 Å². The Morgan fingerprint density at radius 2 is 1.62 bits per heavy atom. The fourth-order valence-corrected chi connectivity index (χ4v) is 4.05. The SMILES string of the molecule is COc1cc(NC(=O)C2CCCC2)c(C(=O)OCC(=O)c2ccc(SC)cc2)cc1OC. The van der Waals surface area contributed by atoms with Crippen molar-refractivity contribution >= 4 is 35.1 Å². The van der Waals surface area contributed by atoms with Crippen LogP contribution in [0.3, 0.4) is 0 Å².